The molecular formula is C14H26N4O5. The molecule has 132 valence electrons. The number of hydrogen-bond donors (Lipinski definition) is 5. The molecule has 9 nitrogen and oxygen atoms in total. The van der Waals surface area contributed by atoms with Gasteiger partial charge in [-0.3, -0.25) is 14.4 Å². The first kappa shape index (κ1) is 20.8. The van der Waals surface area contributed by atoms with Gasteiger partial charge in [0.15, 0.2) is 0 Å². The molecule has 0 rings (SSSR count). The molecule has 6 N–H and O–H groups in total. The van der Waals surface area contributed by atoms with Gasteiger partial charge in [-0.05, 0) is 26.7 Å². The Kier molecular flexibility index (Phi) is 8.23. The van der Waals surface area contributed by atoms with Crippen LogP contribution in [0.15, 0.2) is 0 Å². The summed E-state index contributed by atoms with van der Waals surface area (Å²) in [7, 11) is 0. The van der Waals surface area contributed by atoms with E-state index in [4.69, 9.17) is 10.8 Å². The Morgan fingerprint density at radius 3 is 1.52 bits per heavy atom. The zero-order valence-electron chi connectivity index (χ0n) is 14.0. The molecule has 0 aromatic rings. The Bertz CT molecular complexity index is 464. The Morgan fingerprint density at radius 1 is 0.783 bits per heavy atom. The van der Waals surface area contributed by atoms with Crippen LogP contribution in [0.4, 0.5) is 0 Å². The minimum atomic E-state index is -1.15. The van der Waals surface area contributed by atoms with Crippen molar-refractivity contribution in [2.24, 2.45) is 11.7 Å². The summed E-state index contributed by atoms with van der Waals surface area (Å²) in [6.45, 7) is 7.68. The van der Waals surface area contributed by atoms with Crippen LogP contribution in [0.3, 0.4) is 0 Å². The molecule has 4 atom stereocenters. The maximum Gasteiger partial charge on any atom is 0.326 e. The number of hydrogen-bond acceptors (Lipinski definition) is 5. The minimum Gasteiger partial charge on any atom is -0.480 e. The first-order chi connectivity index (χ1) is 10.5. The second kappa shape index (κ2) is 9.09. The molecule has 0 heterocycles. The minimum absolute atomic E-state index is 0.302. The van der Waals surface area contributed by atoms with Crippen LogP contribution in [-0.4, -0.2) is 53.0 Å². The van der Waals surface area contributed by atoms with Crippen LogP contribution in [0.5, 0.6) is 0 Å². The van der Waals surface area contributed by atoms with Gasteiger partial charge in [-0.15, -0.1) is 0 Å². The Balaban J connectivity index is 4.59. The van der Waals surface area contributed by atoms with E-state index in [1.54, 1.807) is 13.8 Å². The highest BCUT2D eigenvalue weighted by Crippen LogP contribution is 2.02. The summed E-state index contributed by atoms with van der Waals surface area (Å²) >= 11 is 0. The van der Waals surface area contributed by atoms with Crippen LogP contribution >= 0.6 is 0 Å². The van der Waals surface area contributed by atoms with Gasteiger partial charge >= 0.3 is 5.97 Å². The SMILES string of the molecule is CC(C)[C@H](NC(=O)[C@H](C)NC(=O)[C@H](C)NC(=O)[C@H](C)N)C(=O)O. The van der Waals surface area contributed by atoms with Gasteiger partial charge in [-0.25, -0.2) is 4.79 Å². The fraction of sp³-hybridized carbons (Fsp3) is 0.714. The standard InChI is InChI=1S/C14H26N4O5/c1-6(2)10(14(22)23)18-13(21)9(5)17-12(20)8(4)16-11(19)7(3)15/h6-10H,15H2,1-5H3,(H,16,19)(H,17,20)(H,18,21)(H,22,23)/t7-,8-,9-,10-/m0/s1. The number of rotatable bonds is 8. The fourth-order valence-electron chi connectivity index (χ4n) is 1.61. The molecular weight excluding hydrogens is 304 g/mol. The smallest absolute Gasteiger partial charge is 0.326 e. The Labute approximate surface area is 135 Å². The molecule has 23 heavy (non-hydrogen) atoms. The summed E-state index contributed by atoms with van der Waals surface area (Å²) in [4.78, 5) is 46.3. The highest BCUT2D eigenvalue weighted by atomic mass is 16.4. The third kappa shape index (κ3) is 7.09. The summed E-state index contributed by atoms with van der Waals surface area (Å²) < 4.78 is 0. The van der Waals surface area contributed by atoms with Crippen molar-refractivity contribution in [2.45, 2.75) is 58.8 Å². The highest BCUT2D eigenvalue weighted by molar-refractivity contribution is 5.93. The molecule has 0 saturated heterocycles. The van der Waals surface area contributed by atoms with Crippen molar-refractivity contribution in [1.29, 1.82) is 0 Å². The van der Waals surface area contributed by atoms with Crippen molar-refractivity contribution in [1.82, 2.24) is 16.0 Å². The van der Waals surface area contributed by atoms with E-state index in [0.717, 1.165) is 0 Å². The van der Waals surface area contributed by atoms with Crippen molar-refractivity contribution in [2.75, 3.05) is 0 Å². The maximum absolute atomic E-state index is 12.0. The number of carboxylic acids is 1. The molecule has 0 unspecified atom stereocenters. The fourth-order valence-corrected chi connectivity index (χ4v) is 1.61. The van der Waals surface area contributed by atoms with E-state index < -0.39 is 47.9 Å². The van der Waals surface area contributed by atoms with E-state index in [2.05, 4.69) is 16.0 Å². The van der Waals surface area contributed by atoms with E-state index in [1.165, 1.54) is 20.8 Å². The number of nitrogens with two attached hydrogens (primary N) is 1. The largest absolute Gasteiger partial charge is 0.480 e. The normalized spacial score (nSPS) is 16.0. The molecule has 0 aliphatic carbocycles. The van der Waals surface area contributed by atoms with Crippen LogP contribution < -0.4 is 21.7 Å². The average Bonchev–Trinajstić information content (AvgIpc) is 2.42. The third-order valence-corrected chi connectivity index (χ3v) is 3.15. The second-order valence-electron chi connectivity index (χ2n) is 5.82. The third-order valence-electron chi connectivity index (χ3n) is 3.15. The van der Waals surface area contributed by atoms with Crippen molar-refractivity contribution in [3.8, 4) is 0 Å². The lowest BCUT2D eigenvalue weighted by molar-refractivity contribution is -0.143. The van der Waals surface area contributed by atoms with E-state index in [9.17, 15) is 19.2 Å². The predicted octanol–water partition coefficient (Wildman–Crippen LogP) is -1.43. The van der Waals surface area contributed by atoms with Gasteiger partial charge in [0, 0.05) is 0 Å². The summed E-state index contributed by atoms with van der Waals surface area (Å²) in [5.74, 6) is -3.13. The number of aliphatic carboxylic acids is 1. The molecule has 0 aromatic carbocycles. The topological polar surface area (TPSA) is 151 Å². The lowest BCUT2D eigenvalue weighted by Gasteiger charge is -2.22. The molecule has 0 bridgehead atoms. The van der Waals surface area contributed by atoms with Gasteiger partial charge in [0.1, 0.15) is 18.1 Å². The number of nitrogens with one attached hydrogen (secondary N) is 3. The Morgan fingerprint density at radius 2 is 1.17 bits per heavy atom. The van der Waals surface area contributed by atoms with E-state index in [-0.39, 0.29) is 5.92 Å². The molecule has 0 aliphatic rings. The summed E-state index contributed by atoms with van der Waals surface area (Å²) in [5.41, 5.74) is 5.38. The van der Waals surface area contributed by atoms with Crippen LogP contribution in [0.25, 0.3) is 0 Å². The Hall–Kier alpha value is -2.16. The molecule has 0 radical (unpaired) electrons. The van der Waals surface area contributed by atoms with Gasteiger partial charge in [-0.1, -0.05) is 13.8 Å². The molecule has 0 fully saturated rings. The van der Waals surface area contributed by atoms with Crippen LogP contribution in [0.2, 0.25) is 0 Å². The van der Waals surface area contributed by atoms with Crippen LogP contribution in [0.1, 0.15) is 34.6 Å². The lowest BCUT2D eigenvalue weighted by atomic mass is 10.0. The zero-order valence-corrected chi connectivity index (χ0v) is 14.0. The van der Waals surface area contributed by atoms with Gasteiger partial charge in [0.2, 0.25) is 17.7 Å². The second-order valence-corrected chi connectivity index (χ2v) is 5.82. The number of carboxylic acid groups (broad SMARTS) is 1. The summed E-state index contributed by atoms with van der Waals surface area (Å²) in [5, 5.41) is 16.2. The van der Waals surface area contributed by atoms with Crippen molar-refractivity contribution < 1.29 is 24.3 Å². The van der Waals surface area contributed by atoms with Crippen molar-refractivity contribution in [3.05, 3.63) is 0 Å². The summed E-state index contributed by atoms with van der Waals surface area (Å²) in [6.07, 6.45) is 0. The first-order valence-electron chi connectivity index (χ1n) is 7.36. The van der Waals surface area contributed by atoms with Gasteiger partial charge in [0.05, 0.1) is 6.04 Å². The number of carbonyl (C=O) groups excluding carboxylic acids is 3. The highest BCUT2D eigenvalue weighted by Gasteiger charge is 2.27. The van der Waals surface area contributed by atoms with Crippen molar-refractivity contribution >= 4 is 23.7 Å². The van der Waals surface area contributed by atoms with Crippen molar-refractivity contribution in [3.63, 3.8) is 0 Å². The maximum atomic E-state index is 12.0. The van der Waals surface area contributed by atoms with Gasteiger partial charge in [0.25, 0.3) is 0 Å². The van der Waals surface area contributed by atoms with Gasteiger partial charge in [-0.2, -0.15) is 0 Å². The quantitative estimate of drug-likeness (QED) is 0.368. The number of amides is 3. The molecule has 3 amide bonds. The lowest BCUT2D eigenvalue weighted by Crippen LogP contribution is -2.55. The summed E-state index contributed by atoms with van der Waals surface area (Å²) in [6, 6.07) is -3.62. The first-order valence-corrected chi connectivity index (χ1v) is 7.36. The van der Waals surface area contributed by atoms with Gasteiger partial charge < -0.3 is 26.8 Å². The van der Waals surface area contributed by atoms with E-state index in [1.807, 2.05) is 0 Å². The predicted molar refractivity (Wildman–Crippen MR) is 83.3 cm³/mol. The number of carbonyl (C=O) groups is 4. The van der Waals surface area contributed by atoms with E-state index in [0.29, 0.717) is 0 Å². The average molecular weight is 330 g/mol. The monoisotopic (exact) mass is 330 g/mol. The van der Waals surface area contributed by atoms with E-state index >= 15 is 0 Å². The molecule has 0 saturated carbocycles. The molecule has 9 heteroatoms. The van der Waals surface area contributed by atoms with Crippen LogP contribution in [0, 0.1) is 5.92 Å². The molecule has 0 aliphatic heterocycles. The zero-order chi connectivity index (χ0) is 18.3. The molecule has 0 aromatic heterocycles. The van der Waals surface area contributed by atoms with Crippen LogP contribution in [-0.2, 0) is 19.2 Å². The molecule has 0 spiro atoms.